The van der Waals surface area contributed by atoms with E-state index in [-0.39, 0.29) is 0 Å². The number of halogens is 1. The molecule has 11 heavy (non-hydrogen) atoms. The third kappa shape index (κ3) is 2.47. The summed E-state index contributed by atoms with van der Waals surface area (Å²) in [4.78, 5) is 13.5. The molecule has 0 spiro atoms. The lowest BCUT2D eigenvalue weighted by molar-refractivity contribution is -0.127. The van der Waals surface area contributed by atoms with E-state index in [2.05, 4.69) is 22.9 Å². The molecule has 0 bridgehead atoms. The van der Waals surface area contributed by atoms with Crippen LogP contribution in [0.2, 0.25) is 0 Å². The molecule has 0 radical (unpaired) electrons. The van der Waals surface area contributed by atoms with Crippen LogP contribution in [0.25, 0.3) is 0 Å². The molecule has 1 amide bonds. The van der Waals surface area contributed by atoms with Crippen molar-refractivity contribution in [3.63, 3.8) is 0 Å². The second-order valence-electron chi connectivity index (χ2n) is 2.99. The van der Waals surface area contributed by atoms with Gasteiger partial charge in [0.2, 0.25) is 5.91 Å². The lowest BCUT2D eigenvalue weighted by Gasteiger charge is -2.14. The van der Waals surface area contributed by atoms with Gasteiger partial charge in [-0.1, -0.05) is 29.3 Å². The van der Waals surface area contributed by atoms with Gasteiger partial charge in [0.1, 0.15) is 0 Å². The molecule has 0 aromatic heterocycles. The van der Waals surface area contributed by atoms with E-state index in [4.69, 9.17) is 0 Å². The molecule has 1 fully saturated rings. The number of likely N-dealkylation sites (tertiary alicyclic amines) is 1. The minimum atomic E-state index is 0.306. The van der Waals surface area contributed by atoms with Crippen LogP contribution in [0.4, 0.5) is 0 Å². The molecule has 1 atom stereocenters. The lowest BCUT2D eigenvalue weighted by atomic mass is 10.3. The fourth-order valence-electron chi connectivity index (χ4n) is 1.29. The molecule has 2 nitrogen and oxygen atoms in total. The van der Waals surface area contributed by atoms with Crippen LogP contribution < -0.4 is 0 Å². The number of carbonyl (C=O) groups excluding carboxylic acids is 1. The number of rotatable bonds is 3. The molecule has 1 unspecified atom stereocenters. The van der Waals surface area contributed by atoms with Gasteiger partial charge in [0.05, 0.1) is 0 Å². The first-order valence-corrected chi connectivity index (χ1v) is 5.07. The normalized spacial score (nSPS) is 24.7. The Morgan fingerprint density at radius 1 is 1.73 bits per heavy atom. The molecule has 1 aliphatic heterocycles. The van der Waals surface area contributed by atoms with Gasteiger partial charge in [-0.15, -0.1) is 0 Å². The molecule has 0 aliphatic carbocycles. The Kier molecular flexibility index (Phi) is 3.37. The summed E-state index contributed by atoms with van der Waals surface area (Å²) in [6.07, 6.45) is 2.98. The van der Waals surface area contributed by atoms with Crippen molar-refractivity contribution in [2.45, 2.75) is 31.0 Å². The Hall–Kier alpha value is -0.0500. The van der Waals surface area contributed by atoms with Gasteiger partial charge in [-0.3, -0.25) is 4.79 Å². The average Bonchev–Trinajstić information content (AvgIpc) is 2.26. The molecular formula is C8H14BrNO. The maximum absolute atomic E-state index is 11.2. The average molecular weight is 220 g/mol. The first-order valence-electron chi connectivity index (χ1n) is 4.16. The molecule has 3 heteroatoms. The topological polar surface area (TPSA) is 20.3 Å². The van der Waals surface area contributed by atoms with E-state index >= 15 is 0 Å². The number of hydrogen-bond acceptors (Lipinski definition) is 1. The van der Waals surface area contributed by atoms with Crippen molar-refractivity contribution in [2.75, 3.05) is 13.1 Å². The van der Waals surface area contributed by atoms with Crippen molar-refractivity contribution in [2.24, 2.45) is 0 Å². The van der Waals surface area contributed by atoms with Gasteiger partial charge >= 0.3 is 0 Å². The van der Waals surface area contributed by atoms with Crippen molar-refractivity contribution in [3.05, 3.63) is 0 Å². The summed E-state index contributed by atoms with van der Waals surface area (Å²) in [6.45, 7) is 3.99. The van der Waals surface area contributed by atoms with E-state index in [0.717, 1.165) is 25.9 Å². The van der Waals surface area contributed by atoms with Gasteiger partial charge in [-0.05, 0) is 6.42 Å². The third-order valence-corrected chi connectivity index (χ3v) is 2.56. The molecule has 0 aromatic carbocycles. The van der Waals surface area contributed by atoms with Crippen molar-refractivity contribution in [3.8, 4) is 0 Å². The third-order valence-electron chi connectivity index (χ3n) is 1.95. The lowest BCUT2D eigenvalue weighted by Crippen LogP contribution is -2.26. The highest BCUT2D eigenvalue weighted by Crippen LogP contribution is 2.17. The summed E-state index contributed by atoms with van der Waals surface area (Å²) >= 11 is 3.45. The van der Waals surface area contributed by atoms with E-state index in [1.807, 2.05) is 4.90 Å². The molecule has 0 N–H and O–H groups in total. The number of unbranched alkanes of at least 4 members (excludes halogenated alkanes) is 1. The SMILES string of the molecule is CCCCN1CC(Br)CC1=O. The Morgan fingerprint density at radius 2 is 2.45 bits per heavy atom. The van der Waals surface area contributed by atoms with E-state index in [9.17, 15) is 4.79 Å². The van der Waals surface area contributed by atoms with Crippen molar-refractivity contribution < 1.29 is 4.79 Å². The predicted molar refractivity (Wildman–Crippen MR) is 48.8 cm³/mol. The highest BCUT2D eigenvalue weighted by Gasteiger charge is 2.26. The smallest absolute Gasteiger partial charge is 0.223 e. The number of nitrogens with zero attached hydrogens (tertiary/aromatic N) is 1. The van der Waals surface area contributed by atoms with E-state index in [0.29, 0.717) is 17.2 Å². The Morgan fingerprint density at radius 3 is 2.91 bits per heavy atom. The monoisotopic (exact) mass is 219 g/mol. The molecule has 0 saturated carbocycles. The van der Waals surface area contributed by atoms with Crippen LogP contribution in [0.15, 0.2) is 0 Å². The summed E-state index contributed by atoms with van der Waals surface area (Å²) in [6, 6.07) is 0. The predicted octanol–water partition coefficient (Wildman–Crippen LogP) is 1.78. The minimum absolute atomic E-state index is 0.306. The van der Waals surface area contributed by atoms with E-state index < -0.39 is 0 Å². The second kappa shape index (κ2) is 4.10. The van der Waals surface area contributed by atoms with Gasteiger partial charge in [-0.2, -0.15) is 0 Å². The number of carbonyl (C=O) groups is 1. The molecule has 1 saturated heterocycles. The van der Waals surface area contributed by atoms with Crippen molar-refractivity contribution >= 4 is 21.8 Å². The maximum atomic E-state index is 11.2. The van der Waals surface area contributed by atoms with Gasteiger partial charge in [-0.25, -0.2) is 0 Å². The van der Waals surface area contributed by atoms with E-state index in [1.54, 1.807) is 0 Å². The van der Waals surface area contributed by atoms with Crippen LogP contribution in [0.1, 0.15) is 26.2 Å². The van der Waals surface area contributed by atoms with Gasteiger partial charge in [0, 0.05) is 24.3 Å². The largest absolute Gasteiger partial charge is 0.342 e. The minimum Gasteiger partial charge on any atom is -0.342 e. The standard InChI is InChI=1S/C8H14BrNO/c1-2-3-4-10-6-7(9)5-8(10)11/h7H,2-6H2,1H3. The van der Waals surface area contributed by atoms with Crippen LogP contribution in [0.5, 0.6) is 0 Å². The molecular weight excluding hydrogens is 206 g/mol. The van der Waals surface area contributed by atoms with Crippen LogP contribution in [-0.2, 0) is 4.79 Å². The van der Waals surface area contributed by atoms with Gasteiger partial charge < -0.3 is 4.90 Å². The zero-order chi connectivity index (χ0) is 8.27. The molecule has 1 rings (SSSR count). The molecule has 64 valence electrons. The number of hydrogen-bond donors (Lipinski definition) is 0. The van der Waals surface area contributed by atoms with Crippen LogP contribution in [0.3, 0.4) is 0 Å². The zero-order valence-corrected chi connectivity index (χ0v) is 8.43. The van der Waals surface area contributed by atoms with Gasteiger partial charge in [0.15, 0.2) is 0 Å². The van der Waals surface area contributed by atoms with Crippen molar-refractivity contribution in [1.82, 2.24) is 4.90 Å². The second-order valence-corrected chi connectivity index (χ2v) is 4.29. The van der Waals surface area contributed by atoms with E-state index in [1.165, 1.54) is 0 Å². The Bertz CT molecular complexity index is 149. The van der Waals surface area contributed by atoms with Crippen molar-refractivity contribution in [1.29, 1.82) is 0 Å². The summed E-state index contributed by atoms with van der Waals surface area (Å²) in [5.41, 5.74) is 0. The highest BCUT2D eigenvalue weighted by molar-refractivity contribution is 9.09. The quantitative estimate of drug-likeness (QED) is 0.664. The Balaban J connectivity index is 2.29. The fourth-order valence-corrected chi connectivity index (χ4v) is 1.92. The molecule has 0 aromatic rings. The highest BCUT2D eigenvalue weighted by atomic mass is 79.9. The van der Waals surface area contributed by atoms with Crippen LogP contribution >= 0.6 is 15.9 Å². The molecule has 1 aliphatic rings. The van der Waals surface area contributed by atoms with Gasteiger partial charge in [0.25, 0.3) is 0 Å². The number of alkyl halides is 1. The first kappa shape index (κ1) is 9.04. The zero-order valence-electron chi connectivity index (χ0n) is 6.85. The summed E-state index contributed by atoms with van der Waals surface area (Å²) in [5, 5.41) is 0. The summed E-state index contributed by atoms with van der Waals surface area (Å²) in [5.74, 6) is 0.306. The number of amides is 1. The summed E-state index contributed by atoms with van der Waals surface area (Å²) < 4.78 is 0. The molecule has 1 heterocycles. The van der Waals surface area contributed by atoms with Crippen LogP contribution in [0, 0.1) is 0 Å². The fraction of sp³-hybridized carbons (Fsp3) is 0.875. The Labute approximate surface area is 76.1 Å². The first-order chi connectivity index (χ1) is 5.24. The maximum Gasteiger partial charge on any atom is 0.223 e. The van der Waals surface area contributed by atoms with Crippen LogP contribution in [-0.4, -0.2) is 28.7 Å². The summed E-state index contributed by atoms with van der Waals surface area (Å²) in [7, 11) is 0.